The molecule has 0 saturated carbocycles. The second-order valence-electron chi connectivity index (χ2n) is 2.93. The van der Waals surface area contributed by atoms with Gasteiger partial charge in [-0.2, -0.15) is 0 Å². The van der Waals surface area contributed by atoms with E-state index in [9.17, 15) is 0 Å². The van der Waals surface area contributed by atoms with Gasteiger partial charge in [0.25, 0.3) is 0 Å². The minimum atomic E-state index is 0.773. The normalized spacial score (nSPS) is 10.6. The molecule has 0 unspecified atom stereocenters. The lowest BCUT2D eigenvalue weighted by Gasteiger charge is -2.02. The summed E-state index contributed by atoms with van der Waals surface area (Å²) in [6, 6.07) is 6.12. The third-order valence-corrected chi connectivity index (χ3v) is 2.32. The molecule has 1 heterocycles. The molecule has 2 aromatic rings. The van der Waals surface area contributed by atoms with Gasteiger partial charge >= 0.3 is 0 Å². The molecule has 0 aliphatic heterocycles. The maximum Gasteiger partial charge on any atom is 0.0659 e. The molecule has 0 aliphatic carbocycles. The molecular weight excluding hydrogens is 184 g/mol. The van der Waals surface area contributed by atoms with E-state index in [1.54, 1.807) is 0 Å². The monoisotopic (exact) mass is 194 g/mol. The van der Waals surface area contributed by atoms with Crippen LogP contribution in [0.3, 0.4) is 0 Å². The minimum absolute atomic E-state index is 0.773. The van der Waals surface area contributed by atoms with Crippen molar-refractivity contribution in [2.45, 2.75) is 6.92 Å². The van der Waals surface area contributed by atoms with E-state index >= 15 is 0 Å². The van der Waals surface area contributed by atoms with Crippen LogP contribution >= 0.6 is 11.6 Å². The Morgan fingerprint density at radius 2 is 2.31 bits per heavy atom. The largest absolute Gasteiger partial charge is 0.385 e. The van der Waals surface area contributed by atoms with Gasteiger partial charge in [-0.25, -0.2) is 0 Å². The van der Waals surface area contributed by atoms with E-state index in [-0.39, 0.29) is 0 Å². The molecule has 0 spiro atoms. The Morgan fingerprint density at radius 3 is 3.08 bits per heavy atom. The predicted molar refractivity (Wildman–Crippen MR) is 57.5 cm³/mol. The Balaban J connectivity index is 2.53. The molecule has 2 N–H and O–H groups in total. The van der Waals surface area contributed by atoms with Gasteiger partial charge in [-0.15, -0.1) is 0 Å². The highest BCUT2D eigenvalue weighted by Gasteiger charge is 2.00. The number of fused-ring (bicyclic) bond motifs is 1. The summed E-state index contributed by atoms with van der Waals surface area (Å²) in [5, 5.41) is 5.09. The van der Waals surface area contributed by atoms with Crippen LogP contribution in [0.4, 0.5) is 5.69 Å². The van der Waals surface area contributed by atoms with Gasteiger partial charge in [0.15, 0.2) is 0 Å². The maximum absolute atomic E-state index is 5.99. The topological polar surface area (TPSA) is 27.8 Å². The number of nitrogens with one attached hydrogen (secondary N) is 2. The number of rotatable bonds is 2. The molecule has 2 rings (SSSR count). The van der Waals surface area contributed by atoms with Crippen molar-refractivity contribution >= 4 is 28.2 Å². The number of H-pyrrole nitrogens is 1. The van der Waals surface area contributed by atoms with Crippen molar-refractivity contribution in [3.63, 3.8) is 0 Å². The van der Waals surface area contributed by atoms with Gasteiger partial charge in [-0.3, -0.25) is 0 Å². The first-order valence-corrected chi connectivity index (χ1v) is 4.69. The Kier molecular flexibility index (Phi) is 2.15. The lowest BCUT2D eigenvalue weighted by atomic mass is 10.2. The van der Waals surface area contributed by atoms with Crippen LogP contribution in [0.25, 0.3) is 10.9 Å². The standard InChI is InChI=1S/C10H11ClN2/c1-2-12-7-3-4-10-8(5-7)9(11)6-13-10/h3-6,12-13H,2H2,1H3. The van der Waals surface area contributed by atoms with Crippen LogP contribution in [0.5, 0.6) is 0 Å². The molecule has 0 radical (unpaired) electrons. The lowest BCUT2D eigenvalue weighted by molar-refractivity contribution is 1.21. The van der Waals surface area contributed by atoms with Gasteiger partial charge < -0.3 is 10.3 Å². The van der Waals surface area contributed by atoms with E-state index in [1.165, 1.54) is 0 Å². The average Bonchev–Trinajstić information content (AvgIpc) is 2.49. The molecule has 0 saturated heterocycles. The van der Waals surface area contributed by atoms with Crippen LogP contribution < -0.4 is 5.32 Å². The van der Waals surface area contributed by atoms with Crippen molar-refractivity contribution in [3.05, 3.63) is 29.4 Å². The summed E-state index contributed by atoms with van der Waals surface area (Å²) in [7, 11) is 0. The van der Waals surface area contributed by atoms with Gasteiger partial charge in [-0.05, 0) is 25.1 Å². The van der Waals surface area contributed by atoms with Crippen molar-refractivity contribution in [1.82, 2.24) is 4.98 Å². The van der Waals surface area contributed by atoms with E-state index < -0.39 is 0 Å². The van der Waals surface area contributed by atoms with Crippen molar-refractivity contribution in [1.29, 1.82) is 0 Å². The highest BCUT2D eigenvalue weighted by Crippen LogP contribution is 2.25. The van der Waals surface area contributed by atoms with Crippen molar-refractivity contribution < 1.29 is 0 Å². The predicted octanol–water partition coefficient (Wildman–Crippen LogP) is 3.25. The molecule has 0 aliphatic rings. The first-order chi connectivity index (χ1) is 6.31. The summed E-state index contributed by atoms with van der Waals surface area (Å²) in [6.07, 6.45) is 1.81. The van der Waals surface area contributed by atoms with Crippen molar-refractivity contribution in [2.24, 2.45) is 0 Å². The van der Waals surface area contributed by atoms with E-state index in [1.807, 2.05) is 18.3 Å². The molecule has 13 heavy (non-hydrogen) atoms. The van der Waals surface area contributed by atoms with Gasteiger partial charge in [0.05, 0.1) is 5.02 Å². The van der Waals surface area contributed by atoms with E-state index in [4.69, 9.17) is 11.6 Å². The third kappa shape index (κ3) is 1.49. The summed E-state index contributed by atoms with van der Waals surface area (Å²) in [4.78, 5) is 3.10. The molecule has 0 bridgehead atoms. The van der Waals surface area contributed by atoms with Gasteiger partial charge in [0.1, 0.15) is 0 Å². The number of benzene rings is 1. The third-order valence-electron chi connectivity index (χ3n) is 2.01. The smallest absolute Gasteiger partial charge is 0.0659 e. The van der Waals surface area contributed by atoms with Gasteiger partial charge in [0.2, 0.25) is 0 Å². The molecular formula is C10H11ClN2. The van der Waals surface area contributed by atoms with E-state index in [2.05, 4.69) is 23.3 Å². The van der Waals surface area contributed by atoms with Gasteiger partial charge in [0, 0.05) is 29.3 Å². The fourth-order valence-electron chi connectivity index (χ4n) is 1.40. The van der Waals surface area contributed by atoms with Crippen molar-refractivity contribution in [3.8, 4) is 0 Å². The highest BCUT2D eigenvalue weighted by molar-refractivity contribution is 6.35. The number of anilines is 1. The second-order valence-corrected chi connectivity index (χ2v) is 3.33. The first kappa shape index (κ1) is 8.45. The summed E-state index contributed by atoms with van der Waals surface area (Å²) >= 11 is 5.99. The molecule has 68 valence electrons. The van der Waals surface area contributed by atoms with Gasteiger partial charge in [-0.1, -0.05) is 11.6 Å². The van der Waals surface area contributed by atoms with Crippen LogP contribution in [0.2, 0.25) is 5.02 Å². The number of halogens is 1. The zero-order chi connectivity index (χ0) is 9.26. The fraction of sp³-hybridized carbons (Fsp3) is 0.200. The highest BCUT2D eigenvalue weighted by atomic mass is 35.5. The van der Waals surface area contributed by atoms with Crippen LogP contribution in [-0.2, 0) is 0 Å². The number of hydrogen-bond acceptors (Lipinski definition) is 1. The molecule has 1 aromatic heterocycles. The van der Waals surface area contributed by atoms with Crippen LogP contribution in [0.15, 0.2) is 24.4 Å². The fourth-order valence-corrected chi connectivity index (χ4v) is 1.61. The Labute approximate surface area is 81.9 Å². The quantitative estimate of drug-likeness (QED) is 0.755. The molecule has 0 fully saturated rings. The number of hydrogen-bond donors (Lipinski definition) is 2. The van der Waals surface area contributed by atoms with Crippen LogP contribution in [0, 0.1) is 0 Å². The zero-order valence-electron chi connectivity index (χ0n) is 7.39. The number of aromatic nitrogens is 1. The first-order valence-electron chi connectivity index (χ1n) is 4.32. The van der Waals surface area contributed by atoms with Crippen LogP contribution in [0.1, 0.15) is 6.92 Å². The molecule has 1 aromatic carbocycles. The summed E-state index contributed by atoms with van der Waals surface area (Å²) < 4.78 is 0. The summed E-state index contributed by atoms with van der Waals surface area (Å²) in [6.45, 7) is 3.00. The molecule has 0 amide bonds. The Morgan fingerprint density at radius 1 is 1.46 bits per heavy atom. The summed E-state index contributed by atoms with van der Waals surface area (Å²) in [5.41, 5.74) is 2.18. The minimum Gasteiger partial charge on any atom is -0.385 e. The van der Waals surface area contributed by atoms with E-state index in [0.717, 1.165) is 28.2 Å². The number of aromatic amines is 1. The van der Waals surface area contributed by atoms with Crippen LogP contribution in [-0.4, -0.2) is 11.5 Å². The lowest BCUT2D eigenvalue weighted by Crippen LogP contribution is -1.95. The molecule has 2 nitrogen and oxygen atoms in total. The summed E-state index contributed by atoms with van der Waals surface area (Å²) in [5.74, 6) is 0. The molecule has 0 atom stereocenters. The SMILES string of the molecule is CCNc1ccc2[nH]cc(Cl)c2c1. The maximum atomic E-state index is 5.99. The Hall–Kier alpha value is -1.15. The second kappa shape index (κ2) is 3.30. The van der Waals surface area contributed by atoms with Crippen molar-refractivity contribution in [2.75, 3.05) is 11.9 Å². The average molecular weight is 195 g/mol. The Bertz CT molecular complexity index is 420. The van der Waals surface area contributed by atoms with E-state index in [0.29, 0.717) is 0 Å². The zero-order valence-corrected chi connectivity index (χ0v) is 8.15. The molecule has 3 heteroatoms.